The molecule has 3 rings (SSSR count). The predicted molar refractivity (Wildman–Crippen MR) is 97.5 cm³/mol. The third-order valence-corrected chi connectivity index (χ3v) is 4.85. The highest BCUT2D eigenvalue weighted by molar-refractivity contribution is 6.01. The summed E-state index contributed by atoms with van der Waals surface area (Å²) >= 11 is 0. The summed E-state index contributed by atoms with van der Waals surface area (Å²) in [6.45, 7) is 3.37. The van der Waals surface area contributed by atoms with Crippen molar-refractivity contribution < 1.29 is 5.11 Å². The second kappa shape index (κ2) is 6.75. The molecule has 1 aliphatic heterocycles. The third-order valence-electron chi connectivity index (χ3n) is 4.85. The smallest absolute Gasteiger partial charge is 0.137 e. The van der Waals surface area contributed by atoms with Crippen LogP contribution in [-0.4, -0.2) is 43.4 Å². The molecule has 1 unspecified atom stereocenters. The first-order valence-corrected chi connectivity index (χ1v) is 8.57. The quantitative estimate of drug-likeness (QED) is 0.939. The van der Waals surface area contributed by atoms with E-state index < -0.39 is 0 Å². The van der Waals surface area contributed by atoms with Crippen LogP contribution >= 0.6 is 0 Å². The van der Waals surface area contributed by atoms with Gasteiger partial charge in [0, 0.05) is 44.1 Å². The molecule has 4 heteroatoms. The van der Waals surface area contributed by atoms with Gasteiger partial charge in [-0.3, -0.25) is 0 Å². The Morgan fingerprint density at radius 3 is 2.65 bits per heavy atom. The summed E-state index contributed by atoms with van der Waals surface area (Å²) < 4.78 is 0. The van der Waals surface area contributed by atoms with Crippen molar-refractivity contribution in [3.8, 4) is 0 Å². The molecule has 1 aromatic heterocycles. The minimum absolute atomic E-state index is 0.244. The van der Waals surface area contributed by atoms with Gasteiger partial charge in [-0.1, -0.05) is 24.3 Å². The normalized spacial score (nSPS) is 18.4. The minimum Gasteiger partial charge on any atom is -0.396 e. The van der Waals surface area contributed by atoms with Gasteiger partial charge in [0.1, 0.15) is 5.82 Å². The molecule has 0 radical (unpaired) electrons. The van der Waals surface area contributed by atoms with E-state index in [1.54, 1.807) is 0 Å². The number of aryl methyl sites for hydroxylation is 1. The van der Waals surface area contributed by atoms with E-state index in [1.165, 1.54) is 29.3 Å². The van der Waals surface area contributed by atoms with Crippen LogP contribution in [0.4, 0.5) is 11.5 Å². The Hall–Kier alpha value is -1.81. The number of aromatic nitrogens is 1. The van der Waals surface area contributed by atoms with Crippen LogP contribution < -0.4 is 9.80 Å². The summed E-state index contributed by atoms with van der Waals surface area (Å²) in [6.07, 6.45) is 4.41. The predicted octanol–water partition coefficient (Wildman–Crippen LogP) is 3.35. The van der Waals surface area contributed by atoms with Crippen molar-refractivity contribution in [1.82, 2.24) is 4.98 Å². The first-order valence-electron chi connectivity index (χ1n) is 8.57. The number of pyridine rings is 1. The van der Waals surface area contributed by atoms with Crippen molar-refractivity contribution in [1.29, 1.82) is 0 Å². The van der Waals surface area contributed by atoms with Crippen molar-refractivity contribution in [3.05, 3.63) is 30.0 Å². The van der Waals surface area contributed by atoms with Gasteiger partial charge in [0.15, 0.2) is 0 Å². The largest absolute Gasteiger partial charge is 0.396 e. The van der Waals surface area contributed by atoms with E-state index in [4.69, 9.17) is 4.98 Å². The number of aliphatic hydroxyl groups excluding tert-OH is 1. The maximum atomic E-state index is 9.41. The second-order valence-electron chi connectivity index (χ2n) is 6.66. The molecule has 124 valence electrons. The molecule has 1 fully saturated rings. The number of hydrogen-bond donors (Lipinski definition) is 1. The zero-order chi connectivity index (χ0) is 16.4. The maximum absolute atomic E-state index is 9.41. The van der Waals surface area contributed by atoms with Crippen LogP contribution in [0.2, 0.25) is 0 Å². The molecule has 0 saturated carbocycles. The Kier molecular flexibility index (Phi) is 4.71. The molecule has 0 spiro atoms. The third kappa shape index (κ3) is 3.00. The number of anilines is 2. The van der Waals surface area contributed by atoms with Gasteiger partial charge in [-0.2, -0.15) is 0 Å². The standard InChI is InChI=1S/C19H27N3O/c1-14-18(21(2)3)16-9-4-5-10-17(16)19(20-14)22-12-7-6-8-15(22)11-13-23/h4-5,9-10,15,23H,6-8,11-13H2,1-3H3. The van der Waals surface area contributed by atoms with Gasteiger partial charge in [-0.25, -0.2) is 4.98 Å². The Labute approximate surface area is 138 Å². The van der Waals surface area contributed by atoms with Crippen LogP contribution in [0.25, 0.3) is 10.8 Å². The van der Waals surface area contributed by atoms with Crippen LogP contribution in [0.1, 0.15) is 31.4 Å². The molecule has 1 atom stereocenters. The van der Waals surface area contributed by atoms with Crippen LogP contribution in [-0.2, 0) is 0 Å². The second-order valence-corrected chi connectivity index (χ2v) is 6.66. The van der Waals surface area contributed by atoms with E-state index in [0.717, 1.165) is 30.9 Å². The van der Waals surface area contributed by atoms with Gasteiger partial charge in [0.05, 0.1) is 11.4 Å². The van der Waals surface area contributed by atoms with Crippen molar-refractivity contribution in [2.75, 3.05) is 37.0 Å². The van der Waals surface area contributed by atoms with Crippen LogP contribution in [0.3, 0.4) is 0 Å². The summed E-state index contributed by atoms with van der Waals surface area (Å²) in [4.78, 5) is 9.56. The molecule has 4 nitrogen and oxygen atoms in total. The molecular formula is C19H27N3O. The fourth-order valence-electron chi connectivity index (χ4n) is 3.86. The highest BCUT2D eigenvalue weighted by Gasteiger charge is 2.25. The Bertz CT molecular complexity index is 682. The van der Waals surface area contributed by atoms with Gasteiger partial charge in [0.25, 0.3) is 0 Å². The SMILES string of the molecule is Cc1nc(N2CCCCC2CCO)c2ccccc2c1N(C)C. The zero-order valence-electron chi connectivity index (χ0n) is 14.4. The lowest BCUT2D eigenvalue weighted by Gasteiger charge is -2.37. The topological polar surface area (TPSA) is 39.6 Å². The van der Waals surface area contributed by atoms with E-state index >= 15 is 0 Å². The van der Waals surface area contributed by atoms with E-state index in [9.17, 15) is 5.11 Å². The molecule has 1 N–H and O–H groups in total. The van der Waals surface area contributed by atoms with Gasteiger partial charge < -0.3 is 14.9 Å². The highest BCUT2D eigenvalue weighted by atomic mass is 16.3. The molecule has 1 aromatic carbocycles. The lowest BCUT2D eigenvalue weighted by molar-refractivity contribution is 0.262. The molecule has 2 aromatic rings. The Morgan fingerprint density at radius 2 is 1.96 bits per heavy atom. The summed E-state index contributed by atoms with van der Waals surface area (Å²) in [7, 11) is 4.15. The number of nitrogens with zero attached hydrogens (tertiary/aromatic N) is 3. The van der Waals surface area contributed by atoms with Gasteiger partial charge in [0.2, 0.25) is 0 Å². The van der Waals surface area contributed by atoms with Crippen molar-refractivity contribution in [3.63, 3.8) is 0 Å². The molecule has 1 saturated heterocycles. The first-order chi connectivity index (χ1) is 11.1. The number of piperidine rings is 1. The summed E-state index contributed by atoms with van der Waals surface area (Å²) in [5.74, 6) is 1.09. The van der Waals surface area contributed by atoms with Crippen LogP contribution in [0.15, 0.2) is 24.3 Å². The number of aliphatic hydroxyl groups is 1. The summed E-state index contributed by atoms with van der Waals surface area (Å²) in [6, 6.07) is 8.95. The molecule has 23 heavy (non-hydrogen) atoms. The molecule has 0 bridgehead atoms. The number of hydrogen-bond acceptors (Lipinski definition) is 4. The van der Waals surface area contributed by atoms with Crippen LogP contribution in [0.5, 0.6) is 0 Å². The van der Waals surface area contributed by atoms with E-state index in [0.29, 0.717) is 6.04 Å². The Morgan fingerprint density at radius 1 is 1.22 bits per heavy atom. The van der Waals surface area contributed by atoms with Crippen molar-refractivity contribution in [2.45, 2.75) is 38.6 Å². The number of rotatable bonds is 4. The lowest BCUT2D eigenvalue weighted by Crippen LogP contribution is -2.41. The van der Waals surface area contributed by atoms with Crippen molar-refractivity contribution >= 4 is 22.3 Å². The average Bonchev–Trinajstić information content (AvgIpc) is 2.54. The molecule has 1 aliphatic rings. The van der Waals surface area contributed by atoms with Crippen LogP contribution in [0, 0.1) is 6.92 Å². The molecular weight excluding hydrogens is 286 g/mol. The highest BCUT2D eigenvalue weighted by Crippen LogP contribution is 2.36. The minimum atomic E-state index is 0.244. The zero-order valence-corrected chi connectivity index (χ0v) is 14.4. The van der Waals surface area contributed by atoms with E-state index in [-0.39, 0.29) is 6.61 Å². The first kappa shape index (κ1) is 16.1. The van der Waals surface area contributed by atoms with Gasteiger partial charge in [-0.15, -0.1) is 0 Å². The van der Waals surface area contributed by atoms with E-state index in [2.05, 4.69) is 55.1 Å². The van der Waals surface area contributed by atoms with Gasteiger partial charge >= 0.3 is 0 Å². The monoisotopic (exact) mass is 313 g/mol. The molecule has 2 heterocycles. The lowest BCUT2D eigenvalue weighted by atomic mass is 9.98. The number of benzene rings is 1. The van der Waals surface area contributed by atoms with E-state index in [1.807, 2.05) is 0 Å². The molecule has 0 aliphatic carbocycles. The fraction of sp³-hybridized carbons (Fsp3) is 0.526. The summed E-state index contributed by atoms with van der Waals surface area (Å²) in [5.41, 5.74) is 2.26. The fourth-order valence-corrected chi connectivity index (χ4v) is 3.86. The van der Waals surface area contributed by atoms with Gasteiger partial charge in [-0.05, 0) is 32.6 Å². The molecule has 0 amide bonds. The summed E-state index contributed by atoms with van der Waals surface area (Å²) in [5, 5.41) is 11.9. The average molecular weight is 313 g/mol. The maximum Gasteiger partial charge on any atom is 0.137 e. The van der Waals surface area contributed by atoms with Crippen molar-refractivity contribution in [2.24, 2.45) is 0 Å². The number of fused-ring (bicyclic) bond motifs is 1. The Balaban J connectivity index is 2.15.